The van der Waals surface area contributed by atoms with Crippen molar-refractivity contribution in [1.29, 1.82) is 0 Å². The van der Waals surface area contributed by atoms with Crippen LogP contribution in [0.15, 0.2) is 18.4 Å². The summed E-state index contributed by atoms with van der Waals surface area (Å²) in [7, 11) is 0. The van der Waals surface area contributed by atoms with Crippen LogP contribution < -0.4 is 0 Å². The highest BCUT2D eigenvalue weighted by atomic mass is 19.2. The second-order valence-corrected chi connectivity index (χ2v) is 5.49. The van der Waals surface area contributed by atoms with Crippen LogP contribution in [0.25, 0.3) is 5.57 Å². The molecule has 1 aliphatic heterocycles. The fourth-order valence-corrected chi connectivity index (χ4v) is 2.55. The van der Waals surface area contributed by atoms with Gasteiger partial charge in [0.25, 0.3) is 0 Å². The number of rotatable bonds is 5. The van der Waals surface area contributed by atoms with Gasteiger partial charge < -0.3 is 4.74 Å². The average Bonchev–Trinajstić information content (AvgIpc) is 2.46. The molecule has 0 spiro atoms. The Labute approximate surface area is 119 Å². The quantitative estimate of drug-likeness (QED) is 0.658. The van der Waals surface area contributed by atoms with E-state index < -0.39 is 11.6 Å². The molecule has 110 valence electrons. The average molecular weight is 280 g/mol. The van der Waals surface area contributed by atoms with E-state index in [0.717, 1.165) is 31.3 Å². The molecule has 1 nitrogen and oxygen atoms in total. The second kappa shape index (κ2) is 6.87. The Bertz CT molecular complexity index is 494. The Balaban J connectivity index is 2.03. The van der Waals surface area contributed by atoms with Crippen LogP contribution in [0, 0.1) is 18.6 Å². The van der Waals surface area contributed by atoms with E-state index in [1.165, 1.54) is 12.8 Å². The zero-order chi connectivity index (χ0) is 14.5. The smallest absolute Gasteiger partial charge is 0.166 e. The van der Waals surface area contributed by atoms with E-state index in [-0.39, 0.29) is 6.10 Å². The van der Waals surface area contributed by atoms with Crippen LogP contribution in [-0.2, 0) is 4.74 Å². The van der Waals surface area contributed by atoms with E-state index in [2.05, 4.69) is 6.92 Å². The maximum atomic E-state index is 13.9. The predicted octanol–water partition coefficient (Wildman–Crippen LogP) is 5.37. The van der Waals surface area contributed by atoms with Crippen molar-refractivity contribution in [3.63, 3.8) is 0 Å². The third kappa shape index (κ3) is 3.38. The van der Waals surface area contributed by atoms with Gasteiger partial charge in [0.1, 0.15) is 0 Å². The maximum Gasteiger partial charge on any atom is 0.166 e. The molecule has 0 bridgehead atoms. The lowest BCUT2D eigenvalue weighted by Gasteiger charge is -2.23. The van der Waals surface area contributed by atoms with Crippen molar-refractivity contribution >= 4 is 5.57 Å². The van der Waals surface area contributed by atoms with Crippen molar-refractivity contribution in [3.8, 4) is 0 Å². The molecule has 0 N–H and O–H groups in total. The van der Waals surface area contributed by atoms with Crippen molar-refractivity contribution in [2.45, 2.75) is 58.5 Å². The fraction of sp³-hybridized carbons (Fsp3) is 0.529. The minimum atomic E-state index is -0.760. The molecule has 0 amide bonds. The summed E-state index contributed by atoms with van der Waals surface area (Å²) in [5.41, 5.74) is 1.43. The molecule has 0 aliphatic carbocycles. The molecule has 1 heterocycles. The molecule has 20 heavy (non-hydrogen) atoms. The lowest BCUT2D eigenvalue weighted by Crippen LogP contribution is -2.15. The van der Waals surface area contributed by atoms with E-state index in [4.69, 9.17) is 4.74 Å². The first kappa shape index (κ1) is 15.0. The van der Waals surface area contributed by atoms with Gasteiger partial charge in [0, 0.05) is 5.56 Å². The molecule has 0 fully saturated rings. The highest BCUT2D eigenvalue weighted by Gasteiger charge is 2.20. The van der Waals surface area contributed by atoms with Gasteiger partial charge >= 0.3 is 0 Å². The lowest BCUT2D eigenvalue weighted by atomic mass is 9.95. The van der Waals surface area contributed by atoms with Crippen LogP contribution in [-0.4, -0.2) is 6.10 Å². The van der Waals surface area contributed by atoms with Crippen LogP contribution in [0.1, 0.15) is 56.6 Å². The summed E-state index contributed by atoms with van der Waals surface area (Å²) in [4.78, 5) is 0. The van der Waals surface area contributed by atoms with Gasteiger partial charge in [-0.3, -0.25) is 0 Å². The molecule has 0 saturated heterocycles. The van der Waals surface area contributed by atoms with Crippen LogP contribution >= 0.6 is 0 Å². The fourth-order valence-electron chi connectivity index (χ4n) is 2.55. The number of hydrogen-bond donors (Lipinski definition) is 0. The van der Waals surface area contributed by atoms with Crippen molar-refractivity contribution in [2.75, 3.05) is 0 Å². The number of hydrogen-bond acceptors (Lipinski definition) is 1. The van der Waals surface area contributed by atoms with Gasteiger partial charge in [-0.1, -0.05) is 31.9 Å². The zero-order valence-electron chi connectivity index (χ0n) is 12.2. The summed E-state index contributed by atoms with van der Waals surface area (Å²) < 4.78 is 33.2. The number of benzene rings is 1. The normalized spacial score (nSPS) is 18.6. The maximum absolute atomic E-state index is 13.9. The van der Waals surface area contributed by atoms with E-state index in [1.807, 2.05) is 0 Å². The van der Waals surface area contributed by atoms with Crippen LogP contribution in [0.4, 0.5) is 8.78 Å². The largest absolute Gasteiger partial charge is 0.498 e. The molecular formula is C17H22F2O. The second-order valence-electron chi connectivity index (χ2n) is 5.49. The minimum absolute atomic E-state index is 0.226. The molecule has 1 unspecified atom stereocenters. The number of ether oxygens (including phenoxy) is 1. The summed E-state index contributed by atoms with van der Waals surface area (Å²) in [5, 5.41) is 0. The number of halogens is 2. The lowest BCUT2D eigenvalue weighted by molar-refractivity contribution is 0.116. The molecule has 0 aromatic heterocycles. The highest BCUT2D eigenvalue weighted by molar-refractivity contribution is 5.66. The molecule has 1 aromatic rings. The van der Waals surface area contributed by atoms with Gasteiger partial charge in [-0.15, -0.1) is 0 Å². The molecule has 3 heteroatoms. The molecule has 1 aromatic carbocycles. The van der Waals surface area contributed by atoms with Crippen LogP contribution in [0.3, 0.4) is 0 Å². The van der Waals surface area contributed by atoms with Crippen LogP contribution in [0.2, 0.25) is 0 Å². The Hall–Kier alpha value is -1.38. The van der Waals surface area contributed by atoms with Crippen molar-refractivity contribution in [1.82, 2.24) is 0 Å². The monoisotopic (exact) mass is 280 g/mol. The van der Waals surface area contributed by atoms with Gasteiger partial charge in [0.2, 0.25) is 0 Å². The van der Waals surface area contributed by atoms with Crippen LogP contribution in [0.5, 0.6) is 0 Å². The summed E-state index contributed by atoms with van der Waals surface area (Å²) in [6, 6.07) is 3.25. The Kier molecular flexibility index (Phi) is 5.16. The first-order chi connectivity index (χ1) is 9.63. The number of aryl methyl sites for hydroxylation is 1. The summed E-state index contributed by atoms with van der Waals surface area (Å²) in [5.74, 6) is -1.52. The van der Waals surface area contributed by atoms with Crippen molar-refractivity contribution < 1.29 is 13.5 Å². The summed E-state index contributed by atoms with van der Waals surface area (Å²) >= 11 is 0. The summed E-state index contributed by atoms with van der Waals surface area (Å²) in [6.45, 7) is 3.74. The minimum Gasteiger partial charge on any atom is -0.498 e. The van der Waals surface area contributed by atoms with E-state index >= 15 is 0 Å². The zero-order valence-corrected chi connectivity index (χ0v) is 12.2. The molecular weight excluding hydrogens is 258 g/mol. The van der Waals surface area contributed by atoms with E-state index in [1.54, 1.807) is 25.3 Å². The van der Waals surface area contributed by atoms with Gasteiger partial charge in [0.15, 0.2) is 11.6 Å². The third-order valence-corrected chi connectivity index (χ3v) is 3.89. The van der Waals surface area contributed by atoms with E-state index in [0.29, 0.717) is 11.1 Å². The van der Waals surface area contributed by atoms with Gasteiger partial charge in [0.05, 0.1) is 12.4 Å². The van der Waals surface area contributed by atoms with Gasteiger partial charge in [-0.2, -0.15) is 0 Å². The molecule has 0 radical (unpaired) electrons. The highest BCUT2D eigenvalue weighted by Crippen LogP contribution is 2.31. The standard InChI is InChI=1S/C17H22F2O/c1-3-4-5-6-14-9-8-13(11-20-14)15-10-7-12(2)16(18)17(15)19/h7,10-11,14H,3-6,8-9H2,1-2H3. The first-order valence-corrected chi connectivity index (χ1v) is 7.43. The predicted molar refractivity (Wildman–Crippen MR) is 77.3 cm³/mol. The molecule has 2 rings (SSSR count). The summed E-state index contributed by atoms with van der Waals surface area (Å²) in [6.07, 6.45) is 8.09. The Morgan fingerprint density at radius 2 is 2.00 bits per heavy atom. The van der Waals surface area contributed by atoms with Gasteiger partial charge in [-0.25, -0.2) is 8.78 Å². The van der Waals surface area contributed by atoms with Crippen molar-refractivity contribution in [2.24, 2.45) is 0 Å². The molecule has 0 saturated carbocycles. The topological polar surface area (TPSA) is 9.23 Å². The van der Waals surface area contributed by atoms with Gasteiger partial charge in [-0.05, 0) is 43.7 Å². The molecule has 1 atom stereocenters. The van der Waals surface area contributed by atoms with E-state index in [9.17, 15) is 8.78 Å². The third-order valence-electron chi connectivity index (χ3n) is 3.89. The van der Waals surface area contributed by atoms with Crippen molar-refractivity contribution in [3.05, 3.63) is 41.2 Å². The number of unbranched alkanes of at least 4 members (excludes halogenated alkanes) is 2. The number of allylic oxidation sites excluding steroid dienone is 1. The SMILES string of the molecule is CCCCCC1CCC(c2ccc(C)c(F)c2F)=CO1. The Morgan fingerprint density at radius 1 is 1.20 bits per heavy atom. The first-order valence-electron chi connectivity index (χ1n) is 7.43. The molecule has 1 aliphatic rings. The Morgan fingerprint density at radius 3 is 2.65 bits per heavy atom.